The number of rotatable bonds is 3. The van der Waals surface area contributed by atoms with Crippen molar-refractivity contribution >= 4 is 33.6 Å². The number of benzene rings is 6. The normalized spacial score (nSPS) is 18.4. The van der Waals surface area contributed by atoms with Crippen molar-refractivity contribution in [1.29, 1.82) is 0 Å². The van der Waals surface area contributed by atoms with Crippen LogP contribution in [0.1, 0.15) is 0 Å². The predicted octanol–water partition coefficient (Wildman–Crippen LogP) is 10.9. The van der Waals surface area contributed by atoms with Gasteiger partial charge in [0.2, 0.25) is 0 Å². The summed E-state index contributed by atoms with van der Waals surface area (Å²) in [5, 5.41) is 0. The van der Waals surface area contributed by atoms with E-state index in [9.17, 15) is 0 Å². The number of thiol groups is 2. The average molecular weight is 571 g/mol. The average Bonchev–Trinajstić information content (AvgIpc) is 3.03. The molecule has 2 heterocycles. The Kier molecular flexibility index (Phi) is 5.99. The zero-order valence-electron chi connectivity index (χ0n) is 21.6. The van der Waals surface area contributed by atoms with Gasteiger partial charge in [0.05, 0.1) is 0 Å². The zero-order valence-corrected chi connectivity index (χ0v) is 24.2. The molecule has 2 atom stereocenters. The fraction of sp³-hybridized carbons (Fsp3) is 0. The van der Waals surface area contributed by atoms with Gasteiger partial charge in [-0.3, -0.25) is 0 Å². The summed E-state index contributed by atoms with van der Waals surface area (Å²) in [7, 11) is -1.35. The first kappa shape index (κ1) is 24.0. The Morgan fingerprint density at radius 3 is 1.68 bits per heavy atom. The predicted molar refractivity (Wildman–Crippen MR) is 169 cm³/mol. The van der Waals surface area contributed by atoms with Gasteiger partial charge in [-0.25, -0.2) is 0 Å². The van der Waals surface area contributed by atoms with Gasteiger partial charge in [0.25, 0.3) is 0 Å². The lowest BCUT2D eigenvalue weighted by atomic mass is 10.1. The molecule has 0 amide bonds. The Labute approximate surface area is 244 Å². The van der Waals surface area contributed by atoms with Crippen molar-refractivity contribution in [3.63, 3.8) is 0 Å². The first-order chi connectivity index (χ1) is 19.8. The standard InChI is InChI=1S/C36H26OS3/c1-3-11-27(12-4-1)39-33-17-9-7-15-29(33)37-30-21-19-25(23-35(30)39)26-20-22-32-36(24-26)40(28-13-5-2-6-14-28)34-18-10-8-16-31(34)38-32/h1-24,39-40H. The Hall–Kier alpha value is -3.83. The minimum Gasteiger partial charge on any atom is -0.455 e. The van der Waals surface area contributed by atoms with Crippen molar-refractivity contribution in [1.82, 2.24) is 0 Å². The molecule has 2 aliphatic heterocycles. The van der Waals surface area contributed by atoms with Gasteiger partial charge in [0.1, 0.15) is 11.5 Å². The van der Waals surface area contributed by atoms with Gasteiger partial charge in [-0.2, -0.15) is 21.8 Å². The Morgan fingerprint density at radius 1 is 0.400 bits per heavy atom. The highest BCUT2D eigenvalue weighted by molar-refractivity contribution is 8.18. The second-order valence-corrected chi connectivity index (χ2v) is 15.2. The molecule has 0 spiro atoms. The SMILES string of the molecule is c1ccc([SH]2c3ccccc3Oc3ccc(-c4ccc5c(c4)[SH](c4ccccc4)c4ccccc4S5)cc32)cc1. The molecule has 0 aliphatic carbocycles. The lowest BCUT2D eigenvalue weighted by Crippen LogP contribution is -2.01. The molecule has 0 aromatic heterocycles. The van der Waals surface area contributed by atoms with Crippen molar-refractivity contribution in [2.24, 2.45) is 0 Å². The van der Waals surface area contributed by atoms with Crippen LogP contribution in [0.4, 0.5) is 0 Å². The maximum Gasteiger partial charge on any atom is 0.139 e. The molecule has 1 nitrogen and oxygen atoms in total. The van der Waals surface area contributed by atoms with Crippen LogP contribution in [0.5, 0.6) is 11.5 Å². The van der Waals surface area contributed by atoms with Gasteiger partial charge in [0, 0.05) is 29.4 Å². The number of hydrogen-bond acceptors (Lipinski definition) is 2. The van der Waals surface area contributed by atoms with E-state index in [1.165, 1.54) is 50.3 Å². The smallest absolute Gasteiger partial charge is 0.139 e. The molecule has 40 heavy (non-hydrogen) atoms. The Bertz CT molecular complexity index is 1730. The topological polar surface area (TPSA) is 9.23 Å². The molecule has 194 valence electrons. The first-order valence-electron chi connectivity index (χ1n) is 13.4. The molecule has 0 bridgehead atoms. The van der Waals surface area contributed by atoms with Gasteiger partial charge < -0.3 is 4.74 Å². The minimum absolute atomic E-state index is 0.636. The van der Waals surface area contributed by atoms with Crippen LogP contribution >= 0.6 is 33.6 Å². The first-order valence-corrected chi connectivity index (χ1v) is 16.9. The highest BCUT2D eigenvalue weighted by Gasteiger charge is 2.28. The van der Waals surface area contributed by atoms with Crippen molar-refractivity contribution < 1.29 is 4.74 Å². The summed E-state index contributed by atoms with van der Waals surface area (Å²) in [6, 6.07) is 53.2. The molecule has 8 rings (SSSR count). The summed E-state index contributed by atoms with van der Waals surface area (Å²) >= 11 is 1.90. The number of fused-ring (bicyclic) bond motifs is 4. The van der Waals surface area contributed by atoms with E-state index in [4.69, 9.17) is 4.74 Å². The third-order valence-corrected chi connectivity index (χ3v) is 13.9. The molecule has 2 aliphatic rings. The fourth-order valence-corrected chi connectivity index (χ4v) is 12.1. The Balaban J connectivity index is 1.27. The number of para-hydroxylation sites is 1. The summed E-state index contributed by atoms with van der Waals surface area (Å²) in [6.07, 6.45) is 0. The molecule has 0 saturated heterocycles. The summed E-state index contributed by atoms with van der Waals surface area (Å²) in [5.74, 6) is 1.93. The lowest BCUT2D eigenvalue weighted by Gasteiger charge is -2.33. The van der Waals surface area contributed by atoms with Crippen LogP contribution in [0.3, 0.4) is 0 Å². The van der Waals surface area contributed by atoms with E-state index < -0.39 is 21.8 Å². The number of hydrogen-bond donors (Lipinski definition) is 2. The maximum absolute atomic E-state index is 6.44. The quantitative estimate of drug-likeness (QED) is 0.204. The summed E-state index contributed by atoms with van der Waals surface area (Å²) in [5.41, 5.74) is 2.49. The van der Waals surface area contributed by atoms with Crippen LogP contribution < -0.4 is 4.74 Å². The van der Waals surface area contributed by atoms with E-state index in [0.29, 0.717) is 0 Å². The molecule has 6 aromatic rings. The van der Waals surface area contributed by atoms with Gasteiger partial charge in [-0.1, -0.05) is 84.6 Å². The Morgan fingerprint density at radius 2 is 0.925 bits per heavy atom. The van der Waals surface area contributed by atoms with E-state index in [0.717, 1.165) is 11.5 Å². The molecule has 4 heteroatoms. The van der Waals surface area contributed by atoms with E-state index in [1.807, 2.05) is 11.8 Å². The van der Waals surface area contributed by atoms with E-state index in [2.05, 4.69) is 146 Å². The minimum atomic E-state index is -0.719. The molecule has 0 saturated carbocycles. The van der Waals surface area contributed by atoms with Gasteiger partial charge >= 0.3 is 0 Å². The third-order valence-electron chi connectivity index (χ3n) is 7.41. The van der Waals surface area contributed by atoms with Crippen molar-refractivity contribution in [3.05, 3.63) is 146 Å². The van der Waals surface area contributed by atoms with Crippen LogP contribution in [0.2, 0.25) is 0 Å². The second-order valence-electron chi connectivity index (χ2n) is 9.85. The van der Waals surface area contributed by atoms with E-state index in [1.54, 1.807) is 0 Å². The van der Waals surface area contributed by atoms with Gasteiger partial charge in [-0.05, 0) is 93.7 Å². The summed E-state index contributed by atoms with van der Waals surface area (Å²) in [6.45, 7) is 0. The monoisotopic (exact) mass is 570 g/mol. The molecule has 0 fully saturated rings. The van der Waals surface area contributed by atoms with Crippen molar-refractivity contribution in [2.75, 3.05) is 0 Å². The molecular formula is C36H26OS3. The van der Waals surface area contributed by atoms with Crippen LogP contribution in [0.25, 0.3) is 11.1 Å². The third kappa shape index (κ3) is 4.06. The summed E-state index contributed by atoms with van der Waals surface area (Å²) < 4.78 is 6.44. The second kappa shape index (κ2) is 9.97. The molecule has 6 aromatic carbocycles. The molecule has 2 unspecified atom stereocenters. The van der Waals surface area contributed by atoms with Crippen LogP contribution in [0, 0.1) is 0 Å². The lowest BCUT2D eigenvalue weighted by molar-refractivity contribution is 0.453. The highest BCUT2D eigenvalue weighted by Crippen LogP contribution is 2.63. The number of ether oxygens (including phenoxy) is 1. The highest BCUT2D eigenvalue weighted by atomic mass is 32.2. The summed E-state index contributed by atoms with van der Waals surface area (Å²) in [4.78, 5) is 10.9. The van der Waals surface area contributed by atoms with Crippen molar-refractivity contribution in [3.8, 4) is 22.6 Å². The van der Waals surface area contributed by atoms with Gasteiger partial charge in [-0.15, -0.1) is 0 Å². The maximum atomic E-state index is 6.44. The molecule has 0 N–H and O–H groups in total. The van der Waals surface area contributed by atoms with E-state index in [-0.39, 0.29) is 0 Å². The molecule has 0 radical (unpaired) electrons. The zero-order chi connectivity index (χ0) is 26.5. The van der Waals surface area contributed by atoms with Crippen LogP contribution in [0.15, 0.2) is 185 Å². The largest absolute Gasteiger partial charge is 0.455 e. The van der Waals surface area contributed by atoms with Crippen LogP contribution in [-0.2, 0) is 0 Å². The fourth-order valence-electron chi connectivity index (χ4n) is 5.58. The van der Waals surface area contributed by atoms with Gasteiger partial charge in [0.15, 0.2) is 0 Å². The van der Waals surface area contributed by atoms with Crippen LogP contribution in [-0.4, -0.2) is 0 Å². The molecular weight excluding hydrogens is 545 g/mol. The van der Waals surface area contributed by atoms with Crippen molar-refractivity contribution in [2.45, 2.75) is 39.2 Å². The van der Waals surface area contributed by atoms with E-state index >= 15 is 0 Å².